The van der Waals surface area contributed by atoms with E-state index in [4.69, 9.17) is 11.0 Å². The maximum Gasteiger partial charge on any atom is 0.338 e. The van der Waals surface area contributed by atoms with Crippen molar-refractivity contribution >= 4 is 46.4 Å². The standard InChI is InChI=1S/C23H23N5O5S/c1-12-8-20(13(2)7-18(12)24)27-28-22-10-14(3)21(9-15(22)4)26-25-19-6-5-16(34-33-32-31)11-17(19)23(29)30/h5-11,31H,24H2,1-4H3,(H,29,30). The number of aryl methyl sites for hydroxylation is 4. The van der Waals surface area contributed by atoms with Crippen LogP contribution in [0.1, 0.15) is 32.6 Å². The van der Waals surface area contributed by atoms with Gasteiger partial charge in [-0.05, 0) is 92.4 Å². The van der Waals surface area contributed by atoms with Crippen LogP contribution in [0.15, 0.2) is 67.8 Å². The monoisotopic (exact) mass is 481 g/mol. The summed E-state index contributed by atoms with van der Waals surface area (Å²) in [6.07, 6.45) is 0. The summed E-state index contributed by atoms with van der Waals surface area (Å²) < 4.78 is 4.33. The lowest BCUT2D eigenvalue weighted by Gasteiger charge is -2.07. The predicted molar refractivity (Wildman–Crippen MR) is 129 cm³/mol. The van der Waals surface area contributed by atoms with Gasteiger partial charge in [0.15, 0.2) is 0 Å². The molecule has 3 rings (SSSR count). The molecule has 34 heavy (non-hydrogen) atoms. The van der Waals surface area contributed by atoms with Gasteiger partial charge in [-0.25, -0.2) is 10.1 Å². The Morgan fingerprint density at radius 2 is 1.29 bits per heavy atom. The van der Waals surface area contributed by atoms with Gasteiger partial charge in [0, 0.05) is 10.6 Å². The van der Waals surface area contributed by atoms with E-state index in [2.05, 4.69) is 29.8 Å². The van der Waals surface area contributed by atoms with E-state index in [0.29, 0.717) is 34.0 Å². The summed E-state index contributed by atoms with van der Waals surface area (Å²) in [5, 5.41) is 38.4. The summed E-state index contributed by atoms with van der Waals surface area (Å²) >= 11 is 0.653. The normalized spacial score (nSPS) is 11.6. The van der Waals surface area contributed by atoms with E-state index < -0.39 is 5.97 Å². The van der Waals surface area contributed by atoms with E-state index in [1.54, 1.807) is 6.07 Å². The second-order valence-corrected chi connectivity index (χ2v) is 8.30. The molecule has 0 aliphatic rings. The first-order valence-corrected chi connectivity index (χ1v) is 10.8. The Hall–Kier alpha value is -3.64. The molecule has 0 fully saturated rings. The highest BCUT2D eigenvalue weighted by Gasteiger charge is 2.13. The molecule has 0 aliphatic carbocycles. The molecule has 10 nitrogen and oxygen atoms in total. The van der Waals surface area contributed by atoms with Gasteiger partial charge in [0.05, 0.1) is 34.7 Å². The first kappa shape index (κ1) is 25.0. The SMILES string of the molecule is Cc1cc(N=Nc2cc(C)c(N=Nc3ccc(SOOO)cc3C(=O)O)cc2C)c(C)cc1N. The van der Waals surface area contributed by atoms with Gasteiger partial charge in [-0.15, -0.1) is 9.45 Å². The van der Waals surface area contributed by atoms with Gasteiger partial charge in [0.1, 0.15) is 5.69 Å². The van der Waals surface area contributed by atoms with Crippen LogP contribution in [0.3, 0.4) is 0 Å². The number of carboxylic acid groups (broad SMARTS) is 1. The van der Waals surface area contributed by atoms with Crippen molar-refractivity contribution in [2.24, 2.45) is 20.5 Å². The number of hydrogen-bond donors (Lipinski definition) is 3. The van der Waals surface area contributed by atoms with Crippen LogP contribution >= 0.6 is 12.0 Å². The first-order valence-electron chi connectivity index (χ1n) is 10.0. The number of nitrogens with zero attached hydrogens (tertiary/aromatic N) is 4. The number of rotatable bonds is 8. The van der Waals surface area contributed by atoms with Crippen molar-refractivity contribution in [3.05, 3.63) is 70.3 Å². The number of hydrogen-bond acceptors (Lipinski definition) is 10. The maximum absolute atomic E-state index is 11.6. The number of azo groups is 2. The molecule has 0 aliphatic heterocycles. The molecule has 0 aromatic heterocycles. The van der Waals surface area contributed by atoms with Gasteiger partial charge in [-0.3, -0.25) is 0 Å². The third-order valence-corrected chi connectivity index (χ3v) is 5.56. The van der Waals surface area contributed by atoms with Crippen LogP contribution in [-0.4, -0.2) is 16.3 Å². The summed E-state index contributed by atoms with van der Waals surface area (Å²) in [6, 6.07) is 11.8. The number of nitrogens with two attached hydrogens (primary N) is 1. The van der Waals surface area contributed by atoms with Gasteiger partial charge in [-0.2, -0.15) is 15.3 Å². The molecule has 176 valence electrons. The fraction of sp³-hybridized carbons (Fsp3) is 0.174. The van der Waals surface area contributed by atoms with Gasteiger partial charge in [0.25, 0.3) is 0 Å². The van der Waals surface area contributed by atoms with Gasteiger partial charge >= 0.3 is 5.97 Å². The van der Waals surface area contributed by atoms with Crippen LogP contribution in [-0.2, 0) is 9.37 Å². The van der Waals surface area contributed by atoms with Crippen LogP contribution in [0.4, 0.5) is 28.4 Å². The third kappa shape index (κ3) is 6.02. The van der Waals surface area contributed by atoms with E-state index in [1.807, 2.05) is 52.0 Å². The zero-order valence-corrected chi connectivity index (χ0v) is 19.8. The highest BCUT2D eigenvalue weighted by Crippen LogP contribution is 2.33. The Morgan fingerprint density at radius 3 is 1.82 bits per heavy atom. The van der Waals surface area contributed by atoms with E-state index in [0.717, 1.165) is 27.9 Å². The second kappa shape index (κ2) is 11.0. The molecule has 0 amide bonds. The average Bonchev–Trinajstić information content (AvgIpc) is 2.80. The lowest BCUT2D eigenvalue weighted by molar-refractivity contribution is -0.432. The molecule has 0 saturated carbocycles. The minimum atomic E-state index is -1.18. The predicted octanol–water partition coefficient (Wildman–Crippen LogP) is 7.46. The molecule has 4 N–H and O–H groups in total. The minimum Gasteiger partial charge on any atom is -0.478 e. The van der Waals surface area contributed by atoms with Crippen molar-refractivity contribution in [2.75, 3.05) is 5.73 Å². The molecular weight excluding hydrogens is 458 g/mol. The summed E-state index contributed by atoms with van der Waals surface area (Å²) in [6.45, 7) is 7.58. The summed E-state index contributed by atoms with van der Waals surface area (Å²) in [4.78, 5) is 12.0. The number of aromatic carboxylic acids is 1. The third-order valence-electron chi connectivity index (χ3n) is 4.99. The molecule has 0 saturated heterocycles. The number of carbonyl (C=O) groups is 1. The zero-order chi connectivity index (χ0) is 24.8. The number of nitrogen functional groups attached to an aromatic ring is 1. The van der Waals surface area contributed by atoms with Crippen molar-refractivity contribution in [3.8, 4) is 0 Å². The molecule has 3 aromatic carbocycles. The Bertz CT molecular complexity index is 1290. The van der Waals surface area contributed by atoms with Crippen molar-refractivity contribution < 1.29 is 24.5 Å². The van der Waals surface area contributed by atoms with Crippen molar-refractivity contribution in [3.63, 3.8) is 0 Å². The summed E-state index contributed by atoms with van der Waals surface area (Å²) in [5.74, 6) is -1.18. The van der Waals surface area contributed by atoms with E-state index in [9.17, 15) is 9.90 Å². The Balaban J connectivity index is 1.87. The maximum atomic E-state index is 11.6. The molecule has 0 bridgehead atoms. The van der Waals surface area contributed by atoms with Gasteiger partial charge in [-0.1, -0.05) is 5.04 Å². The van der Waals surface area contributed by atoms with Crippen LogP contribution < -0.4 is 5.73 Å². The lowest BCUT2D eigenvalue weighted by Crippen LogP contribution is -1.97. The zero-order valence-electron chi connectivity index (χ0n) is 18.9. The summed E-state index contributed by atoms with van der Waals surface area (Å²) in [5.41, 5.74) is 12.2. The van der Waals surface area contributed by atoms with E-state index in [-0.39, 0.29) is 11.3 Å². The van der Waals surface area contributed by atoms with Crippen LogP contribution in [0, 0.1) is 27.7 Å². The smallest absolute Gasteiger partial charge is 0.338 e. The van der Waals surface area contributed by atoms with Crippen LogP contribution in [0.2, 0.25) is 0 Å². The molecule has 0 unspecified atom stereocenters. The second-order valence-electron chi connectivity index (χ2n) is 7.53. The average molecular weight is 482 g/mol. The molecular formula is C23H23N5O5S. The van der Waals surface area contributed by atoms with Crippen LogP contribution in [0.25, 0.3) is 0 Å². The molecule has 0 atom stereocenters. The van der Waals surface area contributed by atoms with Crippen molar-refractivity contribution in [2.45, 2.75) is 32.6 Å². The van der Waals surface area contributed by atoms with Gasteiger partial charge < -0.3 is 10.8 Å². The highest BCUT2D eigenvalue weighted by molar-refractivity contribution is 7.94. The molecule has 11 heteroatoms. The van der Waals surface area contributed by atoms with E-state index >= 15 is 0 Å². The number of benzene rings is 3. The Labute approximate surface area is 200 Å². The fourth-order valence-electron chi connectivity index (χ4n) is 3.03. The highest BCUT2D eigenvalue weighted by atomic mass is 32.2. The quantitative estimate of drug-likeness (QED) is 0.0992. The van der Waals surface area contributed by atoms with E-state index in [1.165, 1.54) is 12.1 Å². The number of carboxylic acids is 1. The summed E-state index contributed by atoms with van der Waals surface area (Å²) in [7, 11) is 0. The molecule has 3 aromatic rings. The first-order chi connectivity index (χ1) is 16.2. The van der Waals surface area contributed by atoms with Crippen LogP contribution in [0.5, 0.6) is 0 Å². The molecule has 0 spiro atoms. The molecule has 0 heterocycles. The Kier molecular flexibility index (Phi) is 8.08. The minimum absolute atomic E-state index is 0.0794. The Morgan fingerprint density at radius 1 is 0.794 bits per heavy atom. The van der Waals surface area contributed by atoms with Crippen molar-refractivity contribution in [1.82, 2.24) is 0 Å². The number of anilines is 1. The largest absolute Gasteiger partial charge is 0.478 e. The van der Waals surface area contributed by atoms with Gasteiger partial charge in [0.2, 0.25) is 0 Å². The lowest BCUT2D eigenvalue weighted by atomic mass is 10.1. The topological polar surface area (TPSA) is 151 Å². The molecule has 0 radical (unpaired) electrons. The fourth-order valence-corrected chi connectivity index (χ4v) is 3.43. The van der Waals surface area contributed by atoms with Crippen molar-refractivity contribution in [1.29, 1.82) is 0 Å².